The molecule has 1 fully saturated rings. The van der Waals surface area contributed by atoms with Crippen LogP contribution in [0.25, 0.3) is 10.9 Å². The average molecular weight is 382 g/mol. The summed E-state index contributed by atoms with van der Waals surface area (Å²) in [5.41, 5.74) is 4.12. The van der Waals surface area contributed by atoms with Crippen LogP contribution in [-0.4, -0.2) is 35.4 Å². The molecule has 1 saturated heterocycles. The van der Waals surface area contributed by atoms with Crippen molar-refractivity contribution in [3.8, 4) is 0 Å². The van der Waals surface area contributed by atoms with Crippen LogP contribution in [0.2, 0.25) is 0 Å². The first-order chi connectivity index (χ1) is 13.2. The number of benzene rings is 1. The quantitative estimate of drug-likeness (QED) is 0.595. The lowest BCUT2D eigenvalue weighted by molar-refractivity contribution is 0.102. The highest BCUT2D eigenvalue weighted by Gasteiger charge is 2.22. The Balaban J connectivity index is 1.48. The number of nitrogens with zero attached hydrogens (tertiary/aromatic N) is 1. The minimum absolute atomic E-state index is 0.0445. The molecule has 0 unspecified atom stereocenters. The number of unbranched alkanes of at least 4 members (excludes halogenated alkanes) is 1. The van der Waals surface area contributed by atoms with Gasteiger partial charge in [0.1, 0.15) is 0 Å². The maximum absolute atomic E-state index is 12.3. The van der Waals surface area contributed by atoms with Crippen LogP contribution in [0.3, 0.4) is 0 Å². The number of carbonyl (C=O) groups excluding carboxylic acids is 1. The molecule has 3 heterocycles. The minimum Gasteiger partial charge on any atom is -0.361 e. The summed E-state index contributed by atoms with van der Waals surface area (Å²) in [5.74, 6) is 0.552. The van der Waals surface area contributed by atoms with E-state index in [9.17, 15) is 4.79 Å². The second-order valence-electron chi connectivity index (χ2n) is 7.44. The highest BCUT2D eigenvalue weighted by atomic mass is 32.1. The van der Waals surface area contributed by atoms with Crippen molar-refractivity contribution in [2.24, 2.45) is 0 Å². The van der Waals surface area contributed by atoms with Gasteiger partial charge in [-0.05, 0) is 80.0 Å². The third kappa shape index (κ3) is 4.09. The van der Waals surface area contributed by atoms with Gasteiger partial charge in [0.25, 0.3) is 5.91 Å². The minimum atomic E-state index is -0.0445. The van der Waals surface area contributed by atoms with Crippen molar-refractivity contribution < 1.29 is 4.79 Å². The van der Waals surface area contributed by atoms with E-state index in [0.29, 0.717) is 11.5 Å². The van der Waals surface area contributed by atoms with Crippen molar-refractivity contribution in [2.45, 2.75) is 38.5 Å². The molecule has 4 nitrogen and oxygen atoms in total. The number of nitrogens with one attached hydrogen (secondary N) is 2. The Morgan fingerprint density at radius 3 is 2.89 bits per heavy atom. The standard InChI is InChI=1S/C22H27N3OS/c1-2-3-9-25-10-6-16(7-11-25)20-14-23-21-5-4-18(13-19(20)21)24-22(26)17-8-12-27-15-17/h4-5,8,12-16,23H,2-3,6-7,9-11H2,1H3,(H,24,26). The molecular formula is C22H27N3OS. The third-order valence-corrected chi connectivity index (χ3v) is 6.29. The van der Waals surface area contributed by atoms with E-state index in [4.69, 9.17) is 0 Å². The molecule has 5 heteroatoms. The van der Waals surface area contributed by atoms with Gasteiger partial charge in [-0.15, -0.1) is 0 Å². The molecule has 0 saturated carbocycles. The van der Waals surface area contributed by atoms with Crippen molar-refractivity contribution in [3.05, 3.63) is 52.3 Å². The predicted molar refractivity (Wildman–Crippen MR) is 114 cm³/mol. The van der Waals surface area contributed by atoms with E-state index in [1.54, 1.807) is 0 Å². The first kappa shape index (κ1) is 18.3. The highest BCUT2D eigenvalue weighted by molar-refractivity contribution is 7.08. The summed E-state index contributed by atoms with van der Waals surface area (Å²) in [6.45, 7) is 5.86. The lowest BCUT2D eigenvalue weighted by Crippen LogP contribution is -2.33. The maximum atomic E-state index is 12.3. The first-order valence-corrected chi connectivity index (χ1v) is 10.9. The van der Waals surface area contributed by atoms with Crippen molar-refractivity contribution in [1.82, 2.24) is 9.88 Å². The van der Waals surface area contributed by atoms with Crippen LogP contribution in [0, 0.1) is 0 Å². The number of H-pyrrole nitrogens is 1. The van der Waals surface area contributed by atoms with E-state index >= 15 is 0 Å². The Morgan fingerprint density at radius 2 is 2.15 bits per heavy atom. The topological polar surface area (TPSA) is 48.1 Å². The average Bonchev–Trinajstić information content (AvgIpc) is 3.36. The van der Waals surface area contributed by atoms with Crippen LogP contribution >= 0.6 is 11.3 Å². The Kier molecular flexibility index (Phi) is 5.60. The first-order valence-electron chi connectivity index (χ1n) is 9.91. The summed E-state index contributed by atoms with van der Waals surface area (Å²) >= 11 is 1.54. The molecule has 27 heavy (non-hydrogen) atoms. The molecule has 0 spiro atoms. The largest absolute Gasteiger partial charge is 0.361 e. The molecule has 1 aliphatic rings. The summed E-state index contributed by atoms with van der Waals surface area (Å²) < 4.78 is 0. The lowest BCUT2D eigenvalue weighted by atomic mass is 9.89. The second kappa shape index (κ2) is 8.28. The zero-order valence-corrected chi connectivity index (χ0v) is 16.6. The Hall–Kier alpha value is -2.11. The number of rotatable bonds is 6. The number of thiophene rings is 1. The van der Waals surface area contributed by atoms with Crippen molar-refractivity contribution >= 4 is 33.8 Å². The van der Waals surface area contributed by atoms with Crippen molar-refractivity contribution in [2.75, 3.05) is 25.0 Å². The maximum Gasteiger partial charge on any atom is 0.256 e. The summed E-state index contributed by atoms with van der Waals surface area (Å²) in [4.78, 5) is 18.4. The van der Waals surface area contributed by atoms with Gasteiger partial charge in [0, 0.05) is 28.2 Å². The van der Waals surface area contributed by atoms with Crippen molar-refractivity contribution in [3.63, 3.8) is 0 Å². The van der Waals surface area contributed by atoms with Crippen molar-refractivity contribution in [1.29, 1.82) is 0 Å². The molecule has 3 aromatic rings. The van der Waals surface area contributed by atoms with Gasteiger partial charge in [0.15, 0.2) is 0 Å². The van der Waals surface area contributed by atoms with E-state index in [2.05, 4.69) is 40.5 Å². The van der Waals surface area contributed by atoms with Gasteiger partial charge >= 0.3 is 0 Å². The molecule has 0 aliphatic carbocycles. The Labute approximate surface area is 164 Å². The second-order valence-corrected chi connectivity index (χ2v) is 8.22. The molecule has 1 aromatic carbocycles. The number of aromatic amines is 1. The fourth-order valence-electron chi connectivity index (χ4n) is 4.00. The molecule has 0 radical (unpaired) electrons. The number of piperidine rings is 1. The molecule has 142 valence electrons. The van der Waals surface area contributed by atoms with Crippen LogP contribution in [-0.2, 0) is 0 Å². The molecule has 0 atom stereocenters. The predicted octanol–water partition coefficient (Wildman–Crippen LogP) is 5.46. The highest BCUT2D eigenvalue weighted by Crippen LogP contribution is 2.34. The number of hydrogen-bond donors (Lipinski definition) is 2. The number of aromatic nitrogens is 1. The molecular weight excluding hydrogens is 354 g/mol. The van der Waals surface area contributed by atoms with E-state index in [-0.39, 0.29) is 5.91 Å². The molecule has 0 bridgehead atoms. The lowest BCUT2D eigenvalue weighted by Gasteiger charge is -2.31. The van der Waals surface area contributed by atoms with Crippen LogP contribution in [0.1, 0.15) is 54.4 Å². The number of amides is 1. The van der Waals surface area contributed by atoms with E-state index in [0.717, 1.165) is 11.2 Å². The molecule has 2 aromatic heterocycles. The monoisotopic (exact) mass is 381 g/mol. The van der Waals surface area contributed by atoms with Gasteiger partial charge in [-0.25, -0.2) is 0 Å². The summed E-state index contributed by atoms with van der Waals surface area (Å²) in [6.07, 6.45) is 7.15. The number of hydrogen-bond acceptors (Lipinski definition) is 3. The van der Waals surface area contributed by atoms with E-state index < -0.39 is 0 Å². The number of anilines is 1. The van der Waals surface area contributed by atoms with Gasteiger partial charge in [-0.3, -0.25) is 4.79 Å². The fourth-order valence-corrected chi connectivity index (χ4v) is 4.64. The van der Waals surface area contributed by atoms with Gasteiger partial charge in [0.05, 0.1) is 5.56 Å². The normalized spacial score (nSPS) is 16.0. The van der Waals surface area contributed by atoms with Gasteiger partial charge in [-0.2, -0.15) is 11.3 Å². The smallest absolute Gasteiger partial charge is 0.256 e. The molecule has 1 amide bonds. The summed E-state index contributed by atoms with van der Waals surface area (Å²) in [5, 5.41) is 8.08. The van der Waals surface area contributed by atoms with E-state index in [1.165, 1.54) is 67.6 Å². The van der Waals surface area contributed by atoms with Crippen LogP contribution in [0.5, 0.6) is 0 Å². The third-order valence-electron chi connectivity index (χ3n) is 5.61. The fraction of sp³-hybridized carbons (Fsp3) is 0.409. The van der Waals surface area contributed by atoms with Gasteiger partial charge < -0.3 is 15.2 Å². The summed E-state index contributed by atoms with van der Waals surface area (Å²) in [6, 6.07) is 8.01. The SMILES string of the molecule is CCCCN1CCC(c2c[nH]c3ccc(NC(=O)c4ccsc4)cc23)CC1. The number of fused-ring (bicyclic) bond motifs is 1. The van der Waals surface area contributed by atoms with Gasteiger partial charge in [-0.1, -0.05) is 13.3 Å². The number of carbonyl (C=O) groups is 1. The Morgan fingerprint density at radius 1 is 1.30 bits per heavy atom. The van der Waals surface area contributed by atoms with Gasteiger partial charge in [0.2, 0.25) is 0 Å². The van der Waals surface area contributed by atoms with Crippen LogP contribution < -0.4 is 5.32 Å². The summed E-state index contributed by atoms with van der Waals surface area (Å²) in [7, 11) is 0. The zero-order chi connectivity index (χ0) is 18.6. The Bertz CT molecular complexity index is 892. The molecule has 1 aliphatic heterocycles. The molecule has 4 rings (SSSR count). The van der Waals surface area contributed by atoms with Crippen LogP contribution in [0.4, 0.5) is 5.69 Å². The van der Waals surface area contributed by atoms with E-state index in [1.807, 2.05) is 22.9 Å². The molecule has 2 N–H and O–H groups in total. The number of likely N-dealkylation sites (tertiary alicyclic amines) is 1. The van der Waals surface area contributed by atoms with Crippen LogP contribution in [0.15, 0.2) is 41.2 Å². The zero-order valence-electron chi connectivity index (χ0n) is 15.8.